The van der Waals surface area contributed by atoms with Crippen LogP contribution in [0, 0.1) is 0 Å². The molecule has 112 valence electrons. The number of allylic oxidation sites excluding steroid dienone is 1. The molecule has 0 spiro atoms. The Balaban J connectivity index is 2.72. The number of imidazole rings is 1. The summed E-state index contributed by atoms with van der Waals surface area (Å²) in [6, 6.07) is 0. The van der Waals surface area contributed by atoms with Gasteiger partial charge in [0.05, 0.1) is 5.75 Å². The summed E-state index contributed by atoms with van der Waals surface area (Å²) in [4.78, 5) is 41.1. The lowest BCUT2D eigenvalue weighted by Gasteiger charge is -2.07. The van der Waals surface area contributed by atoms with Crippen molar-refractivity contribution in [3.8, 4) is 0 Å². The molecule has 1 amide bonds. The monoisotopic (exact) mass is 309 g/mol. The second-order valence-corrected chi connectivity index (χ2v) is 5.63. The predicted molar refractivity (Wildman–Crippen MR) is 80.3 cm³/mol. The third kappa shape index (κ3) is 2.92. The largest absolute Gasteiger partial charge is 0.369 e. The fourth-order valence-corrected chi connectivity index (χ4v) is 2.61. The van der Waals surface area contributed by atoms with Crippen LogP contribution in [0.1, 0.15) is 6.92 Å². The molecule has 0 radical (unpaired) electrons. The van der Waals surface area contributed by atoms with Gasteiger partial charge in [0.25, 0.3) is 5.56 Å². The molecular formula is C12H15N5O3S. The van der Waals surface area contributed by atoms with Gasteiger partial charge in [0.15, 0.2) is 16.3 Å². The van der Waals surface area contributed by atoms with E-state index >= 15 is 0 Å². The zero-order valence-electron chi connectivity index (χ0n) is 11.7. The summed E-state index contributed by atoms with van der Waals surface area (Å²) >= 11 is 1.11. The number of aryl methyl sites for hydroxylation is 1. The van der Waals surface area contributed by atoms with Gasteiger partial charge in [-0.15, -0.1) is 0 Å². The Kier molecular flexibility index (Phi) is 4.03. The fraction of sp³-hybridized carbons (Fsp3) is 0.333. The number of primary amides is 1. The zero-order valence-corrected chi connectivity index (χ0v) is 12.5. The fourth-order valence-electron chi connectivity index (χ4n) is 1.88. The summed E-state index contributed by atoms with van der Waals surface area (Å²) in [6.45, 7) is 5.98. The molecule has 0 bridgehead atoms. The van der Waals surface area contributed by atoms with Crippen molar-refractivity contribution in [1.82, 2.24) is 19.1 Å². The lowest BCUT2D eigenvalue weighted by Crippen LogP contribution is -2.29. The first kappa shape index (κ1) is 15.1. The van der Waals surface area contributed by atoms with Crippen molar-refractivity contribution < 1.29 is 4.79 Å². The molecule has 2 rings (SSSR count). The van der Waals surface area contributed by atoms with Crippen LogP contribution >= 0.6 is 11.8 Å². The van der Waals surface area contributed by atoms with Gasteiger partial charge < -0.3 is 10.3 Å². The lowest BCUT2D eigenvalue weighted by molar-refractivity contribution is -0.115. The highest BCUT2D eigenvalue weighted by atomic mass is 32.2. The van der Waals surface area contributed by atoms with E-state index in [4.69, 9.17) is 5.73 Å². The number of hydrogen-bond acceptors (Lipinski definition) is 5. The van der Waals surface area contributed by atoms with E-state index in [1.807, 2.05) is 6.92 Å². The van der Waals surface area contributed by atoms with E-state index < -0.39 is 17.2 Å². The number of thioether (sulfide) groups is 1. The van der Waals surface area contributed by atoms with Crippen LogP contribution in [-0.4, -0.2) is 30.8 Å². The van der Waals surface area contributed by atoms with Gasteiger partial charge >= 0.3 is 5.69 Å². The molecule has 0 aromatic carbocycles. The van der Waals surface area contributed by atoms with E-state index in [2.05, 4.69) is 16.5 Å². The number of carbonyl (C=O) groups is 1. The highest BCUT2D eigenvalue weighted by Gasteiger charge is 2.18. The van der Waals surface area contributed by atoms with Gasteiger partial charge in [-0.2, -0.15) is 0 Å². The van der Waals surface area contributed by atoms with E-state index in [1.54, 1.807) is 4.57 Å². The summed E-state index contributed by atoms with van der Waals surface area (Å²) in [5.41, 5.74) is 5.41. The number of amides is 1. The number of H-pyrrole nitrogens is 1. The second-order valence-electron chi connectivity index (χ2n) is 4.68. The number of aromatic nitrogens is 4. The van der Waals surface area contributed by atoms with Gasteiger partial charge in [0.2, 0.25) is 5.91 Å². The van der Waals surface area contributed by atoms with Crippen molar-refractivity contribution in [1.29, 1.82) is 0 Å². The minimum atomic E-state index is -0.543. The van der Waals surface area contributed by atoms with Crippen LogP contribution in [0.2, 0.25) is 0 Å². The van der Waals surface area contributed by atoms with Gasteiger partial charge in [-0.1, -0.05) is 23.9 Å². The van der Waals surface area contributed by atoms with E-state index in [0.717, 1.165) is 17.3 Å². The van der Waals surface area contributed by atoms with Crippen LogP contribution in [0.3, 0.4) is 0 Å². The Bertz CT molecular complexity index is 845. The smallest absolute Gasteiger partial charge is 0.329 e. The maximum atomic E-state index is 12.0. The normalized spacial score (nSPS) is 11.0. The maximum Gasteiger partial charge on any atom is 0.329 e. The van der Waals surface area contributed by atoms with Crippen LogP contribution in [0.15, 0.2) is 26.9 Å². The summed E-state index contributed by atoms with van der Waals surface area (Å²) in [7, 11) is 1.52. The minimum Gasteiger partial charge on any atom is -0.369 e. The molecule has 0 aliphatic heterocycles. The molecule has 0 atom stereocenters. The topological polar surface area (TPSA) is 116 Å². The van der Waals surface area contributed by atoms with Crippen molar-refractivity contribution in [2.45, 2.75) is 18.6 Å². The van der Waals surface area contributed by atoms with Crippen molar-refractivity contribution in [3.05, 3.63) is 33.0 Å². The van der Waals surface area contributed by atoms with Crippen LogP contribution in [0.4, 0.5) is 0 Å². The molecule has 3 N–H and O–H groups in total. The van der Waals surface area contributed by atoms with Crippen molar-refractivity contribution >= 4 is 28.8 Å². The molecule has 0 aliphatic rings. The van der Waals surface area contributed by atoms with Gasteiger partial charge in [-0.25, -0.2) is 9.78 Å². The second kappa shape index (κ2) is 5.60. The summed E-state index contributed by atoms with van der Waals surface area (Å²) in [5.74, 6) is -0.456. The van der Waals surface area contributed by atoms with Crippen molar-refractivity contribution in [2.24, 2.45) is 12.8 Å². The lowest BCUT2D eigenvalue weighted by atomic mass is 10.3. The molecule has 8 nitrogen and oxygen atoms in total. The number of carbonyl (C=O) groups excluding carboxylic acids is 1. The van der Waals surface area contributed by atoms with E-state index in [-0.39, 0.29) is 16.9 Å². The number of hydrogen-bond donors (Lipinski definition) is 2. The SMILES string of the molecule is C=C(C)Cn1c(SCC(N)=O)nc2c1c(=O)[nH]c(=O)n2C. The molecule has 2 aromatic heterocycles. The van der Waals surface area contributed by atoms with Crippen molar-refractivity contribution in [2.75, 3.05) is 5.75 Å². The molecule has 0 aliphatic carbocycles. The molecule has 2 heterocycles. The van der Waals surface area contributed by atoms with Crippen LogP contribution < -0.4 is 17.0 Å². The number of rotatable bonds is 5. The minimum absolute atomic E-state index is 0.0331. The van der Waals surface area contributed by atoms with Gasteiger partial charge in [0, 0.05) is 13.6 Å². The Labute approximate surface area is 123 Å². The van der Waals surface area contributed by atoms with E-state index in [0.29, 0.717) is 11.7 Å². The molecule has 2 aromatic rings. The number of aromatic amines is 1. The summed E-state index contributed by atoms with van der Waals surface area (Å²) in [6.07, 6.45) is 0. The Hall–Kier alpha value is -2.29. The molecular weight excluding hydrogens is 294 g/mol. The molecule has 0 saturated carbocycles. The highest BCUT2D eigenvalue weighted by Crippen LogP contribution is 2.22. The van der Waals surface area contributed by atoms with E-state index in [1.165, 1.54) is 11.6 Å². The van der Waals surface area contributed by atoms with Gasteiger partial charge in [-0.3, -0.25) is 19.1 Å². The van der Waals surface area contributed by atoms with Crippen LogP contribution in [0.25, 0.3) is 11.2 Å². The zero-order chi connectivity index (χ0) is 15.7. The van der Waals surface area contributed by atoms with Gasteiger partial charge in [0.1, 0.15) is 0 Å². The third-order valence-corrected chi connectivity index (χ3v) is 3.74. The Morgan fingerprint density at radius 1 is 1.48 bits per heavy atom. The summed E-state index contributed by atoms with van der Waals surface area (Å²) < 4.78 is 2.88. The molecule has 0 unspecified atom stereocenters. The maximum absolute atomic E-state index is 12.0. The quantitative estimate of drug-likeness (QED) is 0.574. The molecule has 0 saturated heterocycles. The Morgan fingerprint density at radius 2 is 2.14 bits per heavy atom. The first-order valence-electron chi connectivity index (χ1n) is 6.06. The average molecular weight is 309 g/mol. The standard InChI is InChI=1S/C12H15N5O3S/c1-6(2)4-17-8-9(14-12(17)21-5-7(13)18)16(3)11(20)15-10(8)19/h1,4-5H2,2-3H3,(H2,13,18)(H,15,19,20). The molecule has 21 heavy (non-hydrogen) atoms. The van der Waals surface area contributed by atoms with Gasteiger partial charge in [-0.05, 0) is 6.92 Å². The first-order chi connectivity index (χ1) is 9.81. The number of nitrogens with one attached hydrogen (secondary N) is 1. The molecule has 0 fully saturated rings. The van der Waals surface area contributed by atoms with E-state index in [9.17, 15) is 14.4 Å². The highest BCUT2D eigenvalue weighted by molar-refractivity contribution is 7.99. The van der Waals surface area contributed by atoms with Crippen LogP contribution in [0.5, 0.6) is 0 Å². The predicted octanol–water partition coefficient (Wildman–Crippen LogP) is -0.423. The first-order valence-corrected chi connectivity index (χ1v) is 7.05. The third-order valence-electron chi connectivity index (χ3n) is 2.74. The number of fused-ring (bicyclic) bond motifs is 1. The van der Waals surface area contributed by atoms with Crippen molar-refractivity contribution in [3.63, 3.8) is 0 Å². The molecule has 9 heteroatoms. The average Bonchev–Trinajstić information content (AvgIpc) is 2.72. The Morgan fingerprint density at radius 3 is 2.71 bits per heavy atom. The summed E-state index contributed by atoms with van der Waals surface area (Å²) in [5, 5.41) is 0.443. The number of nitrogens with zero attached hydrogens (tertiary/aromatic N) is 3. The number of nitrogens with two attached hydrogens (primary N) is 1. The van der Waals surface area contributed by atoms with Crippen LogP contribution in [-0.2, 0) is 18.4 Å².